The summed E-state index contributed by atoms with van der Waals surface area (Å²) >= 11 is 1.53. The molecule has 0 aromatic carbocycles. The van der Waals surface area contributed by atoms with Crippen molar-refractivity contribution in [1.29, 1.82) is 0 Å². The van der Waals surface area contributed by atoms with E-state index in [4.69, 9.17) is 4.74 Å². The zero-order chi connectivity index (χ0) is 11.6. The first-order valence-corrected chi connectivity index (χ1v) is 5.81. The predicted octanol–water partition coefficient (Wildman–Crippen LogP) is -2.30. The second-order valence-electron chi connectivity index (χ2n) is 3.49. The van der Waals surface area contributed by atoms with Gasteiger partial charge in [0.2, 0.25) is 0 Å². The monoisotopic (exact) mass is 232 g/mol. The van der Waals surface area contributed by atoms with E-state index in [9.17, 15) is 9.90 Å². The molecular formula is C9H16N2O3S. The molecule has 0 fully saturated rings. The van der Waals surface area contributed by atoms with Crippen LogP contribution in [0.3, 0.4) is 0 Å². The Bertz CT molecular complexity index is 293. The number of thioether (sulfide) groups is 1. The molecule has 0 spiro atoms. The van der Waals surface area contributed by atoms with Crippen LogP contribution in [0.2, 0.25) is 0 Å². The van der Waals surface area contributed by atoms with E-state index in [2.05, 4.69) is 0 Å². The maximum atomic E-state index is 10.9. The zero-order valence-electron chi connectivity index (χ0n) is 9.36. The SMILES string of the molecule is CO[C@@H](C(=O)[O-])C1=C(SC)N(C)C[NH+]1C. The van der Waals surface area contributed by atoms with Crippen molar-refractivity contribution in [3.63, 3.8) is 0 Å². The molecule has 0 saturated carbocycles. The number of carboxylic acid groups (broad SMARTS) is 1. The molecule has 0 aromatic heterocycles. The first kappa shape index (κ1) is 12.4. The summed E-state index contributed by atoms with van der Waals surface area (Å²) in [5, 5.41) is 11.9. The van der Waals surface area contributed by atoms with Gasteiger partial charge in [-0.2, -0.15) is 0 Å². The van der Waals surface area contributed by atoms with Crippen molar-refractivity contribution in [2.45, 2.75) is 6.10 Å². The molecule has 86 valence electrons. The third kappa shape index (κ3) is 2.27. The summed E-state index contributed by atoms with van der Waals surface area (Å²) in [5.74, 6) is -1.19. The standard InChI is InChI=1S/C9H16N2O3S/c1-10-5-11(2)8(15-4)6(10)7(14-3)9(12)13/h7H,5H2,1-4H3,(H,12,13)/t7-/m1/s1. The van der Waals surface area contributed by atoms with Gasteiger partial charge in [-0.3, -0.25) is 4.90 Å². The van der Waals surface area contributed by atoms with Crippen molar-refractivity contribution >= 4 is 17.7 Å². The molecule has 1 heterocycles. The maximum Gasteiger partial charge on any atom is 0.174 e. The van der Waals surface area contributed by atoms with Crippen LogP contribution in [-0.4, -0.2) is 51.1 Å². The summed E-state index contributed by atoms with van der Waals surface area (Å²) in [5.41, 5.74) is 0.743. The summed E-state index contributed by atoms with van der Waals surface area (Å²) in [7, 11) is 5.24. The van der Waals surface area contributed by atoms with E-state index in [1.807, 2.05) is 25.3 Å². The van der Waals surface area contributed by atoms with Crippen molar-refractivity contribution in [3.05, 3.63) is 10.7 Å². The lowest BCUT2D eigenvalue weighted by Gasteiger charge is -2.19. The number of quaternary nitrogens is 1. The van der Waals surface area contributed by atoms with Crippen LogP contribution >= 0.6 is 11.8 Å². The minimum Gasteiger partial charge on any atom is -0.547 e. The molecule has 1 aliphatic rings. The van der Waals surface area contributed by atoms with Crippen LogP contribution < -0.4 is 10.0 Å². The molecule has 0 aromatic rings. The van der Waals surface area contributed by atoms with Crippen molar-refractivity contribution in [3.8, 4) is 0 Å². The lowest BCUT2D eigenvalue weighted by molar-refractivity contribution is -0.843. The van der Waals surface area contributed by atoms with Crippen LogP contribution in [-0.2, 0) is 9.53 Å². The Hall–Kier alpha value is -0.720. The first-order chi connectivity index (χ1) is 7.02. The number of carboxylic acids is 1. The van der Waals surface area contributed by atoms with Crippen molar-refractivity contribution in [2.24, 2.45) is 0 Å². The van der Waals surface area contributed by atoms with Gasteiger partial charge in [0.05, 0.1) is 13.0 Å². The number of carbonyl (C=O) groups is 1. The fraction of sp³-hybridized carbons (Fsp3) is 0.667. The van der Waals surface area contributed by atoms with E-state index in [-0.39, 0.29) is 0 Å². The van der Waals surface area contributed by atoms with Gasteiger partial charge in [0.15, 0.2) is 18.5 Å². The molecule has 1 N–H and O–H groups in total. The summed E-state index contributed by atoms with van der Waals surface area (Å²) < 4.78 is 4.97. The van der Waals surface area contributed by atoms with E-state index in [0.717, 1.165) is 22.3 Å². The summed E-state index contributed by atoms with van der Waals surface area (Å²) in [6, 6.07) is 0. The maximum absolute atomic E-state index is 10.9. The number of hydrogen-bond donors (Lipinski definition) is 1. The Balaban J connectivity index is 3.07. The lowest BCUT2D eigenvalue weighted by atomic mass is 10.2. The fourth-order valence-electron chi connectivity index (χ4n) is 1.83. The van der Waals surface area contributed by atoms with Crippen molar-refractivity contribution < 1.29 is 19.5 Å². The van der Waals surface area contributed by atoms with Gasteiger partial charge in [-0.05, 0) is 6.26 Å². The van der Waals surface area contributed by atoms with E-state index in [1.54, 1.807) is 0 Å². The minimum absolute atomic E-state index is 0.743. The van der Waals surface area contributed by atoms with Gasteiger partial charge in [-0.25, -0.2) is 0 Å². The minimum atomic E-state index is -1.19. The smallest absolute Gasteiger partial charge is 0.174 e. The number of aliphatic carboxylic acids is 1. The molecular weight excluding hydrogens is 216 g/mol. The third-order valence-corrected chi connectivity index (χ3v) is 3.33. The molecule has 0 radical (unpaired) electrons. The molecule has 2 atom stereocenters. The lowest BCUT2D eigenvalue weighted by Crippen LogP contribution is -3.07. The Morgan fingerprint density at radius 1 is 1.73 bits per heavy atom. The number of rotatable bonds is 4. The van der Waals surface area contributed by atoms with E-state index in [0.29, 0.717) is 0 Å². The number of hydrogen-bond acceptors (Lipinski definition) is 5. The fourth-order valence-corrected chi connectivity index (χ4v) is 2.71. The van der Waals surface area contributed by atoms with Gasteiger partial charge in [-0.1, -0.05) is 0 Å². The number of ether oxygens (including phenoxy) is 1. The molecule has 1 aliphatic heterocycles. The molecule has 1 rings (SSSR count). The van der Waals surface area contributed by atoms with Gasteiger partial charge in [0, 0.05) is 14.2 Å². The second kappa shape index (κ2) is 4.87. The predicted molar refractivity (Wildman–Crippen MR) is 55.9 cm³/mol. The molecule has 6 heteroatoms. The first-order valence-electron chi connectivity index (χ1n) is 4.58. The number of nitrogens with one attached hydrogen (secondary N) is 1. The molecule has 0 aliphatic carbocycles. The molecule has 0 saturated heterocycles. The highest BCUT2D eigenvalue weighted by atomic mass is 32.2. The molecule has 15 heavy (non-hydrogen) atoms. The van der Waals surface area contributed by atoms with Gasteiger partial charge >= 0.3 is 0 Å². The summed E-state index contributed by atoms with van der Waals surface area (Å²) in [6.07, 6.45) is 0.962. The molecule has 0 amide bonds. The Labute approximate surface area is 93.7 Å². The van der Waals surface area contributed by atoms with E-state index >= 15 is 0 Å². The molecule has 1 unspecified atom stereocenters. The summed E-state index contributed by atoms with van der Waals surface area (Å²) in [4.78, 5) is 14.0. The second-order valence-corrected chi connectivity index (χ2v) is 4.29. The molecule has 5 nitrogen and oxygen atoms in total. The summed E-state index contributed by atoms with van der Waals surface area (Å²) in [6.45, 7) is 0.749. The topological polar surface area (TPSA) is 57.0 Å². The largest absolute Gasteiger partial charge is 0.547 e. The highest BCUT2D eigenvalue weighted by Crippen LogP contribution is 2.22. The van der Waals surface area contributed by atoms with Crippen molar-refractivity contribution in [2.75, 3.05) is 34.1 Å². The number of nitrogens with zero attached hydrogens (tertiary/aromatic N) is 1. The average Bonchev–Trinajstić information content (AvgIpc) is 2.42. The Morgan fingerprint density at radius 2 is 2.33 bits per heavy atom. The third-order valence-electron chi connectivity index (χ3n) is 2.42. The van der Waals surface area contributed by atoms with Crippen LogP contribution in [0.15, 0.2) is 10.7 Å². The van der Waals surface area contributed by atoms with E-state index in [1.165, 1.54) is 18.9 Å². The van der Waals surface area contributed by atoms with Gasteiger partial charge < -0.3 is 19.5 Å². The quantitative estimate of drug-likeness (QED) is 0.591. The van der Waals surface area contributed by atoms with E-state index < -0.39 is 12.1 Å². The zero-order valence-corrected chi connectivity index (χ0v) is 10.2. The van der Waals surface area contributed by atoms with Crippen LogP contribution in [0, 0.1) is 0 Å². The van der Waals surface area contributed by atoms with Crippen LogP contribution in [0.1, 0.15) is 0 Å². The number of likely N-dealkylation sites (N-methyl/N-ethyl adjacent to an activating group) is 1. The number of carbonyl (C=O) groups excluding carboxylic acids is 1. The van der Waals surface area contributed by atoms with Crippen molar-refractivity contribution in [1.82, 2.24) is 4.90 Å². The normalized spacial score (nSPS) is 23.5. The van der Waals surface area contributed by atoms with Gasteiger partial charge in [0.25, 0.3) is 0 Å². The van der Waals surface area contributed by atoms with Crippen LogP contribution in [0.4, 0.5) is 0 Å². The van der Waals surface area contributed by atoms with Crippen LogP contribution in [0.5, 0.6) is 0 Å². The highest BCUT2D eigenvalue weighted by molar-refractivity contribution is 8.02. The Morgan fingerprint density at radius 3 is 2.73 bits per heavy atom. The van der Waals surface area contributed by atoms with Gasteiger partial charge in [0.1, 0.15) is 5.03 Å². The van der Waals surface area contributed by atoms with Crippen LogP contribution in [0.25, 0.3) is 0 Å². The molecule has 0 bridgehead atoms. The highest BCUT2D eigenvalue weighted by Gasteiger charge is 2.35. The van der Waals surface area contributed by atoms with Gasteiger partial charge in [-0.15, -0.1) is 11.8 Å². The Kier molecular flexibility index (Phi) is 4.01. The average molecular weight is 232 g/mol. The number of methoxy groups -OCH3 is 1.